The van der Waals surface area contributed by atoms with E-state index in [4.69, 9.17) is 16.9 Å². The fraction of sp³-hybridized carbons (Fsp3) is 0.357. The second-order valence-corrected chi connectivity index (χ2v) is 5.51. The molecule has 1 aromatic carbocycles. The molecule has 0 N–H and O–H groups in total. The number of hydrogen-bond acceptors (Lipinski definition) is 3. The molecule has 96 valence electrons. The lowest BCUT2D eigenvalue weighted by Gasteiger charge is -2.04. The Kier molecular flexibility index (Phi) is 2.79. The highest BCUT2D eigenvalue weighted by molar-refractivity contribution is 6.31. The van der Waals surface area contributed by atoms with Gasteiger partial charge in [-0.2, -0.15) is 5.26 Å². The Morgan fingerprint density at radius 1 is 1.47 bits per heavy atom. The van der Waals surface area contributed by atoms with Gasteiger partial charge in [-0.05, 0) is 31.4 Å². The van der Waals surface area contributed by atoms with Crippen molar-refractivity contribution in [2.45, 2.75) is 26.3 Å². The van der Waals surface area contributed by atoms with Gasteiger partial charge in [-0.1, -0.05) is 28.9 Å². The van der Waals surface area contributed by atoms with E-state index in [2.05, 4.69) is 16.4 Å². The van der Waals surface area contributed by atoms with E-state index >= 15 is 0 Å². The van der Waals surface area contributed by atoms with Gasteiger partial charge in [-0.3, -0.25) is 4.68 Å². The molecule has 1 heterocycles. The molecule has 2 aromatic rings. The minimum atomic E-state index is -0.214. The van der Waals surface area contributed by atoms with Gasteiger partial charge in [0.05, 0.1) is 24.2 Å². The van der Waals surface area contributed by atoms with Crippen molar-refractivity contribution in [1.29, 1.82) is 5.26 Å². The molecule has 1 aliphatic rings. The molecule has 1 saturated carbocycles. The molecule has 4 nitrogen and oxygen atoms in total. The summed E-state index contributed by atoms with van der Waals surface area (Å²) in [7, 11) is 0. The van der Waals surface area contributed by atoms with E-state index in [1.807, 2.05) is 31.3 Å². The van der Waals surface area contributed by atoms with Crippen LogP contribution in [-0.4, -0.2) is 15.0 Å². The van der Waals surface area contributed by atoms with Crippen molar-refractivity contribution in [3.8, 4) is 17.3 Å². The highest BCUT2D eigenvalue weighted by atomic mass is 35.5. The van der Waals surface area contributed by atoms with Gasteiger partial charge in [0.15, 0.2) is 0 Å². The van der Waals surface area contributed by atoms with Crippen molar-refractivity contribution < 1.29 is 0 Å². The number of nitrogens with zero attached hydrogens (tertiary/aromatic N) is 4. The normalized spacial score (nSPS) is 16.1. The van der Waals surface area contributed by atoms with Crippen LogP contribution in [0.2, 0.25) is 5.02 Å². The number of aromatic nitrogens is 3. The van der Waals surface area contributed by atoms with E-state index in [1.54, 1.807) is 4.68 Å². The third kappa shape index (κ3) is 2.22. The molecule has 19 heavy (non-hydrogen) atoms. The van der Waals surface area contributed by atoms with Crippen molar-refractivity contribution in [1.82, 2.24) is 15.0 Å². The zero-order valence-corrected chi connectivity index (χ0v) is 11.4. The van der Waals surface area contributed by atoms with Crippen LogP contribution < -0.4 is 0 Å². The van der Waals surface area contributed by atoms with E-state index < -0.39 is 0 Å². The molecule has 0 saturated heterocycles. The van der Waals surface area contributed by atoms with Crippen LogP contribution in [0.5, 0.6) is 0 Å². The topological polar surface area (TPSA) is 54.5 Å². The fourth-order valence-corrected chi connectivity index (χ4v) is 2.32. The molecule has 3 rings (SSSR count). The van der Waals surface area contributed by atoms with Crippen molar-refractivity contribution in [3.63, 3.8) is 0 Å². The molecule has 1 aliphatic carbocycles. The number of nitriles is 1. The molecule has 0 unspecified atom stereocenters. The molecular weight excluding hydrogens is 260 g/mol. The minimum Gasteiger partial charge on any atom is -0.250 e. The lowest BCUT2D eigenvalue weighted by atomic mass is 10.1. The number of rotatable bonds is 3. The molecule has 0 aliphatic heterocycles. The Morgan fingerprint density at radius 2 is 2.26 bits per heavy atom. The zero-order chi connectivity index (χ0) is 13.5. The second kappa shape index (κ2) is 4.36. The first-order valence-electron chi connectivity index (χ1n) is 6.20. The Morgan fingerprint density at radius 3 is 2.95 bits per heavy atom. The molecule has 0 radical (unpaired) electrons. The summed E-state index contributed by atoms with van der Waals surface area (Å²) in [6.45, 7) is 2.59. The van der Waals surface area contributed by atoms with Crippen LogP contribution in [0.4, 0.5) is 0 Å². The first kappa shape index (κ1) is 12.2. The van der Waals surface area contributed by atoms with Crippen LogP contribution >= 0.6 is 11.6 Å². The number of halogens is 1. The first-order chi connectivity index (χ1) is 9.13. The maximum atomic E-state index is 9.09. The van der Waals surface area contributed by atoms with Crippen LogP contribution in [-0.2, 0) is 6.54 Å². The summed E-state index contributed by atoms with van der Waals surface area (Å²) < 4.78 is 1.76. The van der Waals surface area contributed by atoms with Gasteiger partial charge < -0.3 is 0 Å². The van der Waals surface area contributed by atoms with Gasteiger partial charge in [0, 0.05) is 10.6 Å². The molecule has 0 bridgehead atoms. The molecule has 0 spiro atoms. The van der Waals surface area contributed by atoms with Gasteiger partial charge >= 0.3 is 0 Å². The summed E-state index contributed by atoms with van der Waals surface area (Å²) in [6.07, 6.45) is 3.79. The van der Waals surface area contributed by atoms with E-state index in [1.165, 1.54) is 0 Å². The largest absolute Gasteiger partial charge is 0.250 e. The molecule has 0 amide bonds. The first-order valence-corrected chi connectivity index (χ1v) is 6.58. The van der Waals surface area contributed by atoms with Crippen molar-refractivity contribution in [3.05, 3.63) is 35.0 Å². The molecule has 0 atom stereocenters. The van der Waals surface area contributed by atoms with Gasteiger partial charge in [-0.25, -0.2) is 0 Å². The lowest BCUT2D eigenvalue weighted by molar-refractivity contribution is 0.474. The van der Waals surface area contributed by atoms with Gasteiger partial charge in [-0.15, -0.1) is 5.10 Å². The van der Waals surface area contributed by atoms with Crippen molar-refractivity contribution >= 4 is 11.6 Å². The Balaban J connectivity index is 1.89. The standard InChI is InChI=1S/C14H13ClN4/c1-10-11(3-2-4-12(10)15)13-7-19(18-17-13)9-14(8-16)5-6-14/h2-4,7H,5-6,9H2,1H3. The summed E-state index contributed by atoms with van der Waals surface area (Å²) in [5.41, 5.74) is 2.57. The molecule has 1 fully saturated rings. The van der Waals surface area contributed by atoms with Crippen LogP contribution in [0.25, 0.3) is 11.3 Å². The van der Waals surface area contributed by atoms with Gasteiger partial charge in [0.2, 0.25) is 0 Å². The fourth-order valence-electron chi connectivity index (χ4n) is 2.15. The number of hydrogen-bond donors (Lipinski definition) is 0. The predicted molar refractivity (Wildman–Crippen MR) is 72.5 cm³/mol. The SMILES string of the molecule is Cc1c(Cl)cccc1-c1cn(CC2(C#N)CC2)nn1. The van der Waals surface area contributed by atoms with Crippen LogP contribution in [0.1, 0.15) is 18.4 Å². The lowest BCUT2D eigenvalue weighted by Crippen LogP contribution is -2.10. The highest BCUT2D eigenvalue weighted by Crippen LogP contribution is 2.46. The second-order valence-electron chi connectivity index (χ2n) is 5.11. The Bertz CT molecular complexity index is 664. The van der Waals surface area contributed by atoms with Gasteiger partial charge in [0.1, 0.15) is 5.69 Å². The minimum absolute atomic E-state index is 0.214. The van der Waals surface area contributed by atoms with Crippen LogP contribution in [0.15, 0.2) is 24.4 Å². The third-order valence-corrected chi connectivity index (χ3v) is 4.05. The summed E-state index contributed by atoms with van der Waals surface area (Å²) in [6, 6.07) is 8.10. The van der Waals surface area contributed by atoms with E-state index in [9.17, 15) is 0 Å². The highest BCUT2D eigenvalue weighted by Gasteiger charge is 2.43. The zero-order valence-electron chi connectivity index (χ0n) is 10.6. The van der Waals surface area contributed by atoms with E-state index in [0.717, 1.165) is 34.7 Å². The van der Waals surface area contributed by atoms with Crippen LogP contribution in [0.3, 0.4) is 0 Å². The smallest absolute Gasteiger partial charge is 0.113 e. The molecular formula is C14H13ClN4. The molecule has 1 aromatic heterocycles. The monoisotopic (exact) mass is 272 g/mol. The Hall–Kier alpha value is -1.86. The van der Waals surface area contributed by atoms with Gasteiger partial charge in [0.25, 0.3) is 0 Å². The average molecular weight is 273 g/mol. The summed E-state index contributed by atoms with van der Waals surface area (Å²) in [5.74, 6) is 0. The summed E-state index contributed by atoms with van der Waals surface area (Å²) in [4.78, 5) is 0. The maximum absolute atomic E-state index is 9.09. The quantitative estimate of drug-likeness (QED) is 0.862. The maximum Gasteiger partial charge on any atom is 0.113 e. The van der Waals surface area contributed by atoms with Crippen LogP contribution in [0, 0.1) is 23.7 Å². The van der Waals surface area contributed by atoms with E-state index in [0.29, 0.717) is 6.54 Å². The van der Waals surface area contributed by atoms with Crippen molar-refractivity contribution in [2.75, 3.05) is 0 Å². The Labute approximate surface area is 116 Å². The van der Waals surface area contributed by atoms with E-state index in [-0.39, 0.29) is 5.41 Å². The number of benzene rings is 1. The third-order valence-electron chi connectivity index (χ3n) is 3.64. The summed E-state index contributed by atoms with van der Waals surface area (Å²) >= 11 is 6.11. The van der Waals surface area contributed by atoms with Crippen molar-refractivity contribution in [2.24, 2.45) is 5.41 Å². The summed E-state index contributed by atoms with van der Waals surface area (Å²) in [5, 5.41) is 18.1. The molecule has 5 heteroatoms. The average Bonchev–Trinajstić information content (AvgIpc) is 3.03. The predicted octanol–water partition coefficient (Wildman–Crippen LogP) is 3.21.